The zero-order chi connectivity index (χ0) is 18.0. The fourth-order valence-electron chi connectivity index (χ4n) is 2.65. The molecule has 0 unspecified atom stereocenters. The number of para-hydroxylation sites is 1. The number of methoxy groups -OCH3 is 1. The van der Waals surface area contributed by atoms with Crippen LogP contribution in [0.15, 0.2) is 48.5 Å². The van der Waals surface area contributed by atoms with Gasteiger partial charge < -0.3 is 9.64 Å². The minimum absolute atomic E-state index is 0.0951. The van der Waals surface area contributed by atoms with Crippen molar-refractivity contribution >= 4 is 34.7 Å². The summed E-state index contributed by atoms with van der Waals surface area (Å²) in [5.41, 5.74) is 1.71. The zero-order valence-corrected chi connectivity index (χ0v) is 13.9. The third-order valence-corrected chi connectivity index (χ3v) is 3.95. The maximum absolute atomic E-state index is 11.8. The first-order valence-corrected chi connectivity index (χ1v) is 7.55. The lowest BCUT2D eigenvalue weighted by atomic mass is 10.1. The van der Waals surface area contributed by atoms with E-state index in [1.165, 1.54) is 11.7 Å². The first kappa shape index (κ1) is 16.4. The Morgan fingerprint density at radius 3 is 2.60 bits per heavy atom. The lowest BCUT2D eigenvalue weighted by Crippen LogP contribution is -2.26. The molecule has 126 valence electrons. The average Bonchev–Trinajstić information content (AvgIpc) is 2.66. The smallest absolute Gasteiger partial charge is 0.337 e. The maximum atomic E-state index is 11.8. The predicted molar refractivity (Wildman–Crippen MR) is 95.6 cm³/mol. The summed E-state index contributed by atoms with van der Waals surface area (Å²) in [7, 11) is 3.17. The summed E-state index contributed by atoms with van der Waals surface area (Å²) in [6.07, 6.45) is 1.00. The van der Waals surface area contributed by atoms with Gasteiger partial charge in [-0.05, 0) is 30.3 Å². The van der Waals surface area contributed by atoms with E-state index in [2.05, 4.69) is 4.98 Å². The minimum Gasteiger partial charge on any atom is -0.465 e. The van der Waals surface area contributed by atoms with Gasteiger partial charge >= 0.3 is 5.97 Å². The maximum Gasteiger partial charge on any atom is 0.337 e. The molecule has 0 spiro atoms. The van der Waals surface area contributed by atoms with Crippen molar-refractivity contribution in [3.63, 3.8) is 0 Å². The van der Waals surface area contributed by atoms with E-state index in [9.17, 15) is 4.79 Å². The third kappa shape index (κ3) is 2.87. The molecule has 0 aliphatic rings. The molecule has 7 nitrogen and oxygen atoms in total. The molecule has 0 atom stereocenters. The second kappa shape index (κ2) is 6.56. The molecule has 3 aromatic rings. The number of aromatic nitrogens is 2. The Kier molecular flexibility index (Phi) is 4.30. The summed E-state index contributed by atoms with van der Waals surface area (Å²) in [5, 5.41) is 16.4. The lowest BCUT2D eigenvalue weighted by Gasteiger charge is -2.21. The standard InChI is InChI=1S/C18H17N5O2/c1-22(13-6-4-3-5-7-13)16-14-9-8-12(17(24)25-2)10-15(14)23(11-19)18(20)21-16/h3-11,19-20H,1-2H3. The average molecular weight is 335 g/mol. The van der Waals surface area contributed by atoms with E-state index < -0.39 is 5.97 Å². The van der Waals surface area contributed by atoms with Crippen molar-refractivity contribution in [2.24, 2.45) is 0 Å². The van der Waals surface area contributed by atoms with Gasteiger partial charge in [0, 0.05) is 18.1 Å². The number of nitrogens with one attached hydrogen (secondary N) is 2. The summed E-state index contributed by atoms with van der Waals surface area (Å²) in [5.74, 6) is 0.0976. The Morgan fingerprint density at radius 2 is 1.96 bits per heavy atom. The van der Waals surface area contributed by atoms with Crippen LogP contribution in [0.25, 0.3) is 10.9 Å². The number of carbonyl (C=O) groups is 1. The molecule has 0 radical (unpaired) electrons. The van der Waals surface area contributed by atoms with Crippen LogP contribution in [0.2, 0.25) is 0 Å². The highest BCUT2D eigenvalue weighted by Gasteiger charge is 2.15. The van der Waals surface area contributed by atoms with E-state index in [0.29, 0.717) is 16.9 Å². The fourth-order valence-corrected chi connectivity index (χ4v) is 2.65. The van der Waals surface area contributed by atoms with Gasteiger partial charge in [-0.3, -0.25) is 15.4 Å². The fraction of sp³-hybridized carbons (Fsp3) is 0.111. The molecule has 0 saturated heterocycles. The number of hydrogen-bond donors (Lipinski definition) is 2. The van der Waals surface area contributed by atoms with E-state index in [1.54, 1.807) is 18.2 Å². The van der Waals surface area contributed by atoms with Crippen molar-refractivity contribution in [3.8, 4) is 0 Å². The van der Waals surface area contributed by atoms with Crippen LogP contribution in [-0.2, 0) is 4.74 Å². The van der Waals surface area contributed by atoms with Gasteiger partial charge in [-0.15, -0.1) is 0 Å². The minimum atomic E-state index is -0.472. The molecule has 25 heavy (non-hydrogen) atoms. The molecule has 2 N–H and O–H groups in total. The summed E-state index contributed by atoms with van der Waals surface area (Å²) in [4.78, 5) is 18.0. The van der Waals surface area contributed by atoms with Crippen LogP contribution < -0.4 is 10.5 Å². The van der Waals surface area contributed by atoms with Crippen LogP contribution >= 0.6 is 0 Å². The molecule has 0 aliphatic carbocycles. The molecule has 3 rings (SSSR count). The molecule has 0 aliphatic heterocycles. The molecular formula is C18H17N5O2. The van der Waals surface area contributed by atoms with Gasteiger partial charge in [0.25, 0.3) is 0 Å². The van der Waals surface area contributed by atoms with Gasteiger partial charge in [-0.1, -0.05) is 18.2 Å². The van der Waals surface area contributed by atoms with Crippen molar-refractivity contribution in [3.05, 3.63) is 59.7 Å². The number of carbonyl (C=O) groups excluding carboxylic acids is 1. The first-order valence-electron chi connectivity index (χ1n) is 7.55. The highest BCUT2D eigenvalue weighted by atomic mass is 16.5. The SMILES string of the molecule is COC(=O)c1ccc2c(N(C)c3ccccc3)nc(=N)n(C=N)c2c1. The van der Waals surface area contributed by atoms with Crippen molar-refractivity contribution in [1.29, 1.82) is 10.8 Å². The largest absolute Gasteiger partial charge is 0.465 e. The van der Waals surface area contributed by atoms with Gasteiger partial charge in [0.15, 0.2) is 0 Å². The molecular weight excluding hydrogens is 318 g/mol. The van der Waals surface area contributed by atoms with Crippen LogP contribution in [0, 0.1) is 10.8 Å². The summed E-state index contributed by atoms with van der Waals surface area (Å²) < 4.78 is 6.07. The second-order valence-electron chi connectivity index (χ2n) is 5.38. The Hall–Kier alpha value is -3.48. The Bertz CT molecular complexity index is 1010. The van der Waals surface area contributed by atoms with Gasteiger partial charge in [-0.25, -0.2) is 4.79 Å². The summed E-state index contributed by atoms with van der Waals surface area (Å²) in [6.45, 7) is 0. The highest BCUT2D eigenvalue weighted by molar-refractivity contribution is 5.99. The summed E-state index contributed by atoms with van der Waals surface area (Å²) >= 11 is 0. The Morgan fingerprint density at radius 1 is 1.24 bits per heavy atom. The lowest BCUT2D eigenvalue weighted by molar-refractivity contribution is 0.0601. The molecule has 7 heteroatoms. The highest BCUT2D eigenvalue weighted by Crippen LogP contribution is 2.28. The van der Waals surface area contributed by atoms with Gasteiger partial charge in [0.05, 0.1) is 24.5 Å². The van der Waals surface area contributed by atoms with Gasteiger partial charge in [0.2, 0.25) is 5.62 Å². The Labute approximate surface area is 144 Å². The van der Waals surface area contributed by atoms with Gasteiger partial charge in [-0.2, -0.15) is 4.98 Å². The van der Waals surface area contributed by atoms with Crippen LogP contribution in [0.4, 0.5) is 11.5 Å². The van der Waals surface area contributed by atoms with E-state index in [0.717, 1.165) is 17.4 Å². The number of nitrogens with zero attached hydrogens (tertiary/aromatic N) is 3. The molecule has 0 bridgehead atoms. The van der Waals surface area contributed by atoms with Crippen LogP contribution in [0.5, 0.6) is 0 Å². The number of rotatable bonds is 4. The predicted octanol–water partition coefficient (Wildman–Crippen LogP) is 2.53. The third-order valence-electron chi connectivity index (χ3n) is 3.95. The monoisotopic (exact) mass is 335 g/mol. The first-order chi connectivity index (χ1) is 12.1. The number of ether oxygens (including phenoxy) is 1. The zero-order valence-electron chi connectivity index (χ0n) is 13.9. The Balaban J connectivity index is 2.29. The van der Waals surface area contributed by atoms with Gasteiger partial charge in [0.1, 0.15) is 5.82 Å². The van der Waals surface area contributed by atoms with E-state index in [1.807, 2.05) is 42.3 Å². The number of anilines is 2. The normalized spacial score (nSPS) is 10.5. The molecule has 2 aromatic carbocycles. The quantitative estimate of drug-likeness (QED) is 0.435. The molecule has 0 saturated carbocycles. The van der Waals surface area contributed by atoms with E-state index in [4.69, 9.17) is 15.6 Å². The molecule has 1 heterocycles. The van der Waals surface area contributed by atoms with E-state index >= 15 is 0 Å². The molecule has 1 aromatic heterocycles. The number of benzene rings is 2. The van der Waals surface area contributed by atoms with Crippen molar-refractivity contribution in [2.45, 2.75) is 0 Å². The topological polar surface area (TPSA) is 95.1 Å². The van der Waals surface area contributed by atoms with E-state index in [-0.39, 0.29) is 5.62 Å². The molecule has 0 amide bonds. The van der Waals surface area contributed by atoms with Crippen molar-refractivity contribution in [2.75, 3.05) is 19.1 Å². The molecule has 0 fully saturated rings. The number of esters is 1. The van der Waals surface area contributed by atoms with Crippen molar-refractivity contribution in [1.82, 2.24) is 9.55 Å². The van der Waals surface area contributed by atoms with Crippen LogP contribution in [0.1, 0.15) is 10.4 Å². The van der Waals surface area contributed by atoms with Crippen LogP contribution in [-0.4, -0.2) is 36.0 Å². The number of hydrogen-bond acceptors (Lipinski definition) is 6. The van der Waals surface area contributed by atoms with Crippen molar-refractivity contribution < 1.29 is 9.53 Å². The van der Waals surface area contributed by atoms with Crippen LogP contribution in [0.3, 0.4) is 0 Å². The summed E-state index contributed by atoms with van der Waals surface area (Å²) in [6, 6.07) is 14.7. The number of fused-ring (bicyclic) bond motifs is 1. The second-order valence-corrected chi connectivity index (χ2v) is 5.38.